The lowest BCUT2D eigenvalue weighted by Gasteiger charge is -2.12. The van der Waals surface area contributed by atoms with Crippen LogP contribution in [0.4, 0.5) is 0 Å². The molecule has 3 rings (SSSR count). The van der Waals surface area contributed by atoms with Crippen LogP contribution in [0, 0.1) is 0 Å². The van der Waals surface area contributed by atoms with Gasteiger partial charge in [0, 0.05) is 11.1 Å². The second kappa shape index (κ2) is 10.9. The minimum atomic E-state index is -0.421. The number of benzene rings is 2. The molecule has 9 heteroatoms. The van der Waals surface area contributed by atoms with E-state index in [0.29, 0.717) is 35.1 Å². The second-order valence-corrected chi connectivity index (χ2v) is 6.70. The van der Waals surface area contributed by atoms with Crippen LogP contribution in [0.3, 0.4) is 0 Å². The fourth-order valence-electron chi connectivity index (χ4n) is 2.93. The average molecular weight is 438 g/mol. The zero-order valence-electron chi connectivity index (χ0n) is 18.5. The number of H-pyrrole nitrogens is 1. The van der Waals surface area contributed by atoms with Gasteiger partial charge in [-0.25, -0.2) is 5.43 Å². The lowest BCUT2D eigenvalue weighted by molar-refractivity contribution is 0.0950. The Morgan fingerprint density at radius 3 is 2.34 bits per heavy atom. The number of carbonyl (C=O) groups excluding carboxylic acids is 1. The molecule has 2 aromatic carbocycles. The summed E-state index contributed by atoms with van der Waals surface area (Å²) in [6.45, 7) is 2.72. The van der Waals surface area contributed by atoms with Crippen molar-refractivity contribution in [3.63, 3.8) is 0 Å². The fraction of sp³-hybridized carbons (Fsp3) is 0.261. The van der Waals surface area contributed by atoms with Crippen molar-refractivity contribution < 1.29 is 23.7 Å². The highest BCUT2D eigenvalue weighted by molar-refractivity contribution is 5.94. The summed E-state index contributed by atoms with van der Waals surface area (Å²) in [4.78, 5) is 12.4. The first-order valence-electron chi connectivity index (χ1n) is 10.0. The number of nitrogens with zero attached hydrogens (tertiary/aromatic N) is 2. The third kappa shape index (κ3) is 5.37. The second-order valence-electron chi connectivity index (χ2n) is 6.70. The maximum absolute atomic E-state index is 12.4. The molecule has 0 bridgehead atoms. The van der Waals surface area contributed by atoms with Crippen molar-refractivity contribution in [3.05, 3.63) is 53.7 Å². The van der Waals surface area contributed by atoms with Crippen molar-refractivity contribution in [2.24, 2.45) is 5.10 Å². The molecule has 0 saturated carbocycles. The Balaban J connectivity index is 1.66. The number of amides is 1. The lowest BCUT2D eigenvalue weighted by Crippen LogP contribution is -2.18. The van der Waals surface area contributed by atoms with Gasteiger partial charge in [0.15, 0.2) is 11.5 Å². The van der Waals surface area contributed by atoms with Crippen molar-refractivity contribution in [1.82, 2.24) is 15.6 Å². The van der Waals surface area contributed by atoms with Gasteiger partial charge in [-0.2, -0.15) is 10.2 Å². The Morgan fingerprint density at radius 2 is 1.75 bits per heavy atom. The van der Waals surface area contributed by atoms with Crippen LogP contribution in [0.2, 0.25) is 0 Å². The zero-order chi connectivity index (χ0) is 22.9. The van der Waals surface area contributed by atoms with E-state index >= 15 is 0 Å². The third-order valence-electron chi connectivity index (χ3n) is 4.51. The SMILES string of the molecule is CCCOc1ccc(-c2cc(C(=O)N/N=C\c3cc(OC)c(OC)c(OC)c3)[nH]n2)cc1. The molecule has 168 valence electrons. The predicted molar refractivity (Wildman–Crippen MR) is 121 cm³/mol. The number of aromatic nitrogens is 2. The summed E-state index contributed by atoms with van der Waals surface area (Å²) in [5, 5.41) is 10.9. The minimum Gasteiger partial charge on any atom is -0.494 e. The summed E-state index contributed by atoms with van der Waals surface area (Å²) in [6, 6.07) is 12.6. The van der Waals surface area contributed by atoms with Gasteiger partial charge in [-0.1, -0.05) is 6.92 Å². The highest BCUT2D eigenvalue weighted by Gasteiger charge is 2.13. The van der Waals surface area contributed by atoms with Crippen LogP contribution in [-0.2, 0) is 0 Å². The molecule has 1 amide bonds. The Bertz CT molecular complexity index is 1050. The molecule has 3 aromatic rings. The van der Waals surface area contributed by atoms with Crippen LogP contribution < -0.4 is 24.4 Å². The van der Waals surface area contributed by atoms with Gasteiger partial charge in [0.05, 0.1) is 39.8 Å². The number of ether oxygens (including phenoxy) is 4. The highest BCUT2D eigenvalue weighted by Crippen LogP contribution is 2.37. The number of hydrogen-bond acceptors (Lipinski definition) is 7. The van der Waals surface area contributed by atoms with Crippen molar-refractivity contribution in [3.8, 4) is 34.3 Å². The van der Waals surface area contributed by atoms with Crippen LogP contribution in [0.15, 0.2) is 47.6 Å². The molecule has 0 unspecified atom stereocenters. The summed E-state index contributed by atoms with van der Waals surface area (Å²) < 4.78 is 21.5. The molecular weight excluding hydrogens is 412 g/mol. The van der Waals surface area contributed by atoms with Gasteiger partial charge in [-0.05, 0) is 48.9 Å². The third-order valence-corrected chi connectivity index (χ3v) is 4.51. The van der Waals surface area contributed by atoms with Crippen LogP contribution in [0.1, 0.15) is 29.4 Å². The van der Waals surface area contributed by atoms with E-state index in [1.165, 1.54) is 27.5 Å². The van der Waals surface area contributed by atoms with Gasteiger partial charge < -0.3 is 18.9 Å². The lowest BCUT2D eigenvalue weighted by atomic mass is 10.1. The van der Waals surface area contributed by atoms with Gasteiger partial charge in [-0.15, -0.1) is 0 Å². The van der Waals surface area contributed by atoms with Gasteiger partial charge in [0.1, 0.15) is 11.4 Å². The summed E-state index contributed by atoms with van der Waals surface area (Å²) in [6.07, 6.45) is 2.43. The predicted octanol–water partition coefficient (Wildman–Crippen LogP) is 3.66. The maximum atomic E-state index is 12.4. The molecule has 0 aliphatic carbocycles. The van der Waals surface area contributed by atoms with Gasteiger partial charge in [0.2, 0.25) is 5.75 Å². The summed E-state index contributed by atoms with van der Waals surface area (Å²) in [5.41, 5.74) is 4.93. The Hall–Kier alpha value is -4.01. The van der Waals surface area contributed by atoms with E-state index in [-0.39, 0.29) is 5.69 Å². The Labute approximate surface area is 186 Å². The van der Waals surface area contributed by atoms with E-state index < -0.39 is 5.91 Å². The van der Waals surface area contributed by atoms with Crippen LogP contribution in [0.25, 0.3) is 11.3 Å². The van der Waals surface area contributed by atoms with Crippen molar-refractivity contribution >= 4 is 12.1 Å². The fourth-order valence-corrected chi connectivity index (χ4v) is 2.93. The summed E-state index contributed by atoms with van der Waals surface area (Å²) in [5.74, 6) is 1.83. The molecule has 1 heterocycles. The van der Waals surface area contributed by atoms with Gasteiger partial charge in [0.25, 0.3) is 5.91 Å². The van der Waals surface area contributed by atoms with E-state index in [4.69, 9.17) is 18.9 Å². The minimum absolute atomic E-state index is 0.286. The Kier molecular flexibility index (Phi) is 7.69. The monoisotopic (exact) mass is 438 g/mol. The van der Waals surface area contributed by atoms with E-state index in [0.717, 1.165) is 17.7 Å². The van der Waals surface area contributed by atoms with Gasteiger partial charge in [-0.3, -0.25) is 9.89 Å². The molecule has 2 N–H and O–H groups in total. The number of carbonyl (C=O) groups is 1. The molecule has 0 atom stereocenters. The first kappa shape index (κ1) is 22.7. The van der Waals surface area contributed by atoms with Crippen LogP contribution in [-0.4, -0.2) is 50.3 Å². The number of hydrazone groups is 1. The molecule has 1 aromatic heterocycles. The molecule has 0 fully saturated rings. The molecular formula is C23H26N4O5. The molecule has 0 saturated heterocycles. The average Bonchev–Trinajstić information content (AvgIpc) is 3.32. The van der Waals surface area contributed by atoms with E-state index in [9.17, 15) is 4.79 Å². The number of rotatable bonds is 10. The standard InChI is InChI=1S/C23H26N4O5/c1-5-10-32-17-8-6-16(7-9-17)18-13-19(26-25-18)23(28)27-24-14-15-11-20(29-2)22(31-4)21(12-15)30-3/h6-9,11-14H,5,10H2,1-4H3,(H,25,26)(H,27,28)/b24-14-. The summed E-state index contributed by atoms with van der Waals surface area (Å²) >= 11 is 0. The molecule has 0 spiro atoms. The Morgan fingerprint density at radius 1 is 1.06 bits per heavy atom. The first-order valence-corrected chi connectivity index (χ1v) is 10.0. The quantitative estimate of drug-likeness (QED) is 0.370. The number of methoxy groups -OCH3 is 3. The van der Waals surface area contributed by atoms with Crippen molar-refractivity contribution in [2.45, 2.75) is 13.3 Å². The highest BCUT2D eigenvalue weighted by atomic mass is 16.5. The van der Waals surface area contributed by atoms with E-state index in [1.54, 1.807) is 18.2 Å². The smallest absolute Gasteiger partial charge is 0.289 e. The molecule has 9 nitrogen and oxygen atoms in total. The zero-order valence-corrected chi connectivity index (χ0v) is 18.5. The first-order chi connectivity index (χ1) is 15.6. The van der Waals surface area contributed by atoms with Crippen LogP contribution in [0.5, 0.6) is 23.0 Å². The number of hydrogen-bond donors (Lipinski definition) is 2. The van der Waals surface area contributed by atoms with Gasteiger partial charge >= 0.3 is 0 Å². The summed E-state index contributed by atoms with van der Waals surface area (Å²) in [7, 11) is 4.59. The molecule has 0 aliphatic heterocycles. The number of aromatic amines is 1. The van der Waals surface area contributed by atoms with E-state index in [1.807, 2.05) is 24.3 Å². The largest absolute Gasteiger partial charge is 0.494 e. The van der Waals surface area contributed by atoms with Crippen LogP contribution >= 0.6 is 0 Å². The topological polar surface area (TPSA) is 107 Å². The van der Waals surface area contributed by atoms with Crippen molar-refractivity contribution in [2.75, 3.05) is 27.9 Å². The molecule has 32 heavy (non-hydrogen) atoms. The van der Waals surface area contributed by atoms with E-state index in [2.05, 4.69) is 27.6 Å². The molecule has 0 radical (unpaired) electrons. The van der Waals surface area contributed by atoms with Crippen molar-refractivity contribution in [1.29, 1.82) is 0 Å². The number of nitrogens with one attached hydrogen (secondary N) is 2. The molecule has 0 aliphatic rings. The maximum Gasteiger partial charge on any atom is 0.289 e. The normalized spacial score (nSPS) is 10.8.